The van der Waals surface area contributed by atoms with Gasteiger partial charge in [-0.1, -0.05) is 29.5 Å². The van der Waals surface area contributed by atoms with Crippen molar-refractivity contribution in [1.29, 1.82) is 0 Å². The molecule has 0 fully saturated rings. The predicted octanol–water partition coefficient (Wildman–Crippen LogP) is 2.78. The number of aryl methyl sites for hydroxylation is 1. The minimum absolute atomic E-state index is 0.912. The monoisotopic (exact) mass is 262 g/mol. The number of aromatic nitrogens is 2. The lowest BCUT2D eigenvalue weighted by atomic mass is 10.3. The van der Waals surface area contributed by atoms with Crippen LogP contribution in [0, 0.1) is 6.92 Å². The molecule has 0 bridgehead atoms. The van der Waals surface area contributed by atoms with Crippen LogP contribution in [0.1, 0.15) is 11.4 Å². The van der Waals surface area contributed by atoms with E-state index in [9.17, 15) is 0 Å². The van der Waals surface area contributed by atoms with Crippen LogP contribution in [0.2, 0.25) is 0 Å². The number of nitrogens with one attached hydrogen (secondary N) is 1. The van der Waals surface area contributed by atoms with Crippen LogP contribution in [0.5, 0.6) is 0 Å². The lowest BCUT2D eigenvalue weighted by molar-refractivity contribution is 0.814. The van der Waals surface area contributed by atoms with Gasteiger partial charge >= 0.3 is 0 Å². The van der Waals surface area contributed by atoms with Crippen LogP contribution in [0.4, 0.5) is 10.8 Å². The summed E-state index contributed by atoms with van der Waals surface area (Å²) in [5, 5.41) is 13.2. The van der Waals surface area contributed by atoms with Gasteiger partial charge in [-0.2, -0.15) is 0 Å². The van der Waals surface area contributed by atoms with E-state index in [-0.39, 0.29) is 0 Å². The van der Waals surface area contributed by atoms with E-state index in [1.807, 2.05) is 13.0 Å². The van der Waals surface area contributed by atoms with Crippen molar-refractivity contribution in [3.05, 3.63) is 35.3 Å². The highest BCUT2D eigenvalue weighted by molar-refractivity contribution is 7.15. The number of rotatable bonds is 6. The van der Waals surface area contributed by atoms with Gasteiger partial charge in [-0.05, 0) is 25.5 Å². The van der Waals surface area contributed by atoms with Crippen molar-refractivity contribution in [3.8, 4) is 0 Å². The summed E-state index contributed by atoms with van der Waals surface area (Å²) in [4.78, 5) is 2.26. The van der Waals surface area contributed by atoms with Crippen LogP contribution in [-0.2, 0) is 0 Å². The van der Waals surface area contributed by atoms with Crippen LogP contribution in [0.25, 0.3) is 0 Å². The summed E-state index contributed by atoms with van der Waals surface area (Å²) in [7, 11) is 2.12. The molecule has 1 N–H and O–H groups in total. The number of benzene rings is 1. The molecule has 1 heterocycles. The number of hydrogen-bond donors (Lipinski definition) is 1. The summed E-state index contributed by atoms with van der Waals surface area (Å²) in [5.74, 6) is 0. The zero-order valence-corrected chi connectivity index (χ0v) is 11.6. The Morgan fingerprint density at radius 3 is 2.67 bits per heavy atom. The summed E-state index contributed by atoms with van der Waals surface area (Å²) in [6.45, 7) is 3.91. The molecular formula is C13H18N4S. The van der Waals surface area contributed by atoms with Crippen molar-refractivity contribution in [2.75, 3.05) is 30.4 Å². The van der Waals surface area contributed by atoms with Gasteiger partial charge in [0.05, 0.1) is 0 Å². The van der Waals surface area contributed by atoms with Crippen LogP contribution in [0.15, 0.2) is 30.3 Å². The van der Waals surface area contributed by atoms with E-state index in [1.165, 1.54) is 5.69 Å². The van der Waals surface area contributed by atoms with Gasteiger partial charge in [0.15, 0.2) is 0 Å². The van der Waals surface area contributed by atoms with Crippen molar-refractivity contribution in [2.45, 2.75) is 13.3 Å². The SMILES string of the molecule is Cc1nnc(NCCCN(C)c2ccccc2)s1. The van der Waals surface area contributed by atoms with Gasteiger partial charge in [0.2, 0.25) is 5.13 Å². The first-order valence-electron chi connectivity index (χ1n) is 6.06. The van der Waals surface area contributed by atoms with Crippen molar-refractivity contribution in [3.63, 3.8) is 0 Å². The van der Waals surface area contributed by atoms with E-state index in [1.54, 1.807) is 11.3 Å². The maximum Gasteiger partial charge on any atom is 0.205 e. The Balaban J connectivity index is 1.69. The molecule has 4 nitrogen and oxygen atoms in total. The molecule has 1 aromatic heterocycles. The summed E-state index contributed by atoms with van der Waals surface area (Å²) in [6.07, 6.45) is 1.07. The lowest BCUT2D eigenvalue weighted by Gasteiger charge is -2.18. The fraction of sp³-hybridized carbons (Fsp3) is 0.385. The van der Waals surface area contributed by atoms with Crippen molar-refractivity contribution < 1.29 is 0 Å². The first-order chi connectivity index (χ1) is 8.75. The van der Waals surface area contributed by atoms with Gasteiger partial charge < -0.3 is 10.2 Å². The van der Waals surface area contributed by atoms with Crippen LogP contribution in [0.3, 0.4) is 0 Å². The number of hydrogen-bond acceptors (Lipinski definition) is 5. The molecule has 0 aliphatic rings. The van der Waals surface area contributed by atoms with Crippen LogP contribution >= 0.6 is 11.3 Å². The largest absolute Gasteiger partial charge is 0.375 e. The lowest BCUT2D eigenvalue weighted by Crippen LogP contribution is -2.20. The normalized spacial score (nSPS) is 10.3. The van der Waals surface area contributed by atoms with Gasteiger partial charge in [0, 0.05) is 25.8 Å². The quantitative estimate of drug-likeness (QED) is 0.813. The van der Waals surface area contributed by atoms with E-state index in [0.29, 0.717) is 0 Å². The van der Waals surface area contributed by atoms with Gasteiger partial charge in [0.25, 0.3) is 0 Å². The standard InChI is InChI=1S/C13H18N4S/c1-11-15-16-13(18-11)14-9-6-10-17(2)12-7-4-3-5-8-12/h3-5,7-8H,6,9-10H2,1-2H3,(H,14,16). The molecule has 2 rings (SSSR count). The second-order valence-electron chi connectivity index (χ2n) is 4.16. The second-order valence-corrected chi connectivity index (χ2v) is 5.35. The van der Waals surface area contributed by atoms with Gasteiger partial charge in [-0.3, -0.25) is 0 Å². The molecule has 0 radical (unpaired) electrons. The van der Waals surface area contributed by atoms with E-state index in [4.69, 9.17) is 0 Å². The second kappa shape index (κ2) is 6.35. The molecule has 1 aromatic carbocycles. The predicted molar refractivity (Wildman–Crippen MR) is 77.5 cm³/mol. The molecular weight excluding hydrogens is 244 g/mol. The number of anilines is 2. The fourth-order valence-corrected chi connectivity index (χ4v) is 2.31. The highest BCUT2D eigenvalue weighted by Crippen LogP contribution is 2.14. The van der Waals surface area contributed by atoms with Crippen LogP contribution in [-0.4, -0.2) is 30.3 Å². The molecule has 0 spiro atoms. The molecule has 96 valence electrons. The Bertz CT molecular complexity index is 469. The third kappa shape index (κ3) is 3.70. The first-order valence-corrected chi connectivity index (χ1v) is 6.87. The average Bonchev–Trinajstić information content (AvgIpc) is 2.81. The third-order valence-electron chi connectivity index (χ3n) is 2.67. The Morgan fingerprint density at radius 2 is 2.00 bits per heavy atom. The van der Waals surface area contributed by atoms with Gasteiger partial charge in [-0.15, -0.1) is 10.2 Å². The molecule has 0 aliphatic heterocycles. The minimum atomic E-state index is 0.912. The van der Waals surface area contributed by atoms with E-state index < -0.39 is 0 Å². The highest BCUT2D eigenvalue weighted by Gasteiger charge is 2.01. The summed E-state index contributed by atoms with van der Waals surface area (Å²) in [5.41, 5.74) is 1.25. The smallest absolute Gasteiger partial charge is 0.205 e. The third-order valence-corrected chi connectivity index (χ3v) is 3.47. The number of para-hydroxylation sites is 1. The molecule has 0 saturated carbocycles. The Labute approximate surface area is 112 Å². The summed E-state index contributed by atoms with van der Waals surface area (Å²) in [6, 6.07) is 10.4. The van der Waals surface area contributed by atoms with Gasteiger partial charge in [-0.25, -0.2) is 0 Å². The average molecular weight is 262 g/mol. The molecule has 2 aromatic rings. The zero-order valence-electron chi connectivity index (χ0n) is 10.8. The van der Waals surface area contributed by atoms with Crippen molar-refractivity contribution in [2.24, 2.45) is 0 Å². The Morgan fingerprint density at radius 1 is 1.22 bits per heavy atom. The summed E-state index contributed by atoms with van der Waals surface area (Å²) < 4.78 is 0. The molecule has 5 heteroatoms. The fourth-order valence-electron chi connectivity index (χ4n) is 1.69. The molecule has 0 aliphatic carbocycles. The Kier molecular flexibility index (Phi) is 4.52. The van der Waals surface area contributed by atoms with Gasteiger partial charge in [0.1, 0.15) is 5.01 Å². The van der Waals surface area contributed by atoms with Crippen molar-refractivity contribution >= 4 is 22.2 Å². The van der Waals surface area contributed by atoms with Crippen molar-refractivity contribution in [1.82, 2.24) is 10.2 Å². The minimum Gasteiger partial charge on any atom is -0.375 e. The zero-order chi connectivity index (χ0) is 12.8. The van der Waals surface area contributed by atoms with E-state index in [2.05, 4.69) is 51.7 Å². The van der Waals surface area contributed by atoms with Crippen LogP contribution < -0.4 is 10.2 Å². The molecule has 0 atom stereocenters. The molecule has 0 amide bonds. The number of nitrogens with zero attached hydrogens (tertiary/aromatic N) is 3. The molecule has 0 unspecified atom stereocenters. The highest BCUT2D eigenvalue weighted by atomic mass is 32.1. The topological polar surface area (TPSA) is 41.1 Å². The molecule has 0 saturated heterocycles. The van der Waals surface area contributed by atoms with E-state index >= 15 is 0 Å². The van der Waals surface area contributed by atoms with E-state index in [0.717, 1.165) is 29.6 Å². The maximum atomic E-state index is 4.03. The molecule has 18 heavy (non-hydrogen) atoms. The Hall–Kier alpha value is -1.62. The summed E-state index contributed by atoms with van der Waals surface area (Å²) >= 11 is 1.60. The maximum absolute atomic E-state index is 4.03. The first kappa shape index (κ1) is 12.8.